The van der Waals surface area contributed by atoms with Crippen LogP contribution in [-0.2, 0) is 16.6 Å². The van der Waals surface area contributed by atoms with Crippen LogP contribution >= 0.6 is 15.9 Å². The highest BCUT2D eigenvalue weighted by Gasteiger charge is 2.27. The van der Waals surface area contributed by atoms with E-state index in [-0.39, 0.29) is 6.04 Å². The van der Waals surface area contributed by atoms with Crippen molar-refractivity contribution in [1.29, 1.82) is 0 Å². The van der Waals surface area contributed by atoms with Crippen molar-refractivity contribution >= 4 is 31.8 Å². The van der Waals surface area contributed by atoms with Crippen molar-refractivity contribution in [2.45, 2.75) is 32.2 Å². The average Bonchev–Trinajstić information content (AvgIpc) is 3.03. The summed E-state index contributed by atoms with van der Waals surface area (Å²) in [5.74, 6) is 0. The standard InChI is InChI=1S/C11H15BrN2O2S/c1-2-8-7-9(12)3-6-11(8)14-17(15,16)13-10-4-5-10/h3,6-7,10,13-14H,2,4-5H2,1H3. The fourth-order valence-corrected chi connectivity index (χ4v) is 3.18. The van der Waals surface area contributed by atoms with Crippen LogP contribution in [0.5, 0.6) is 0 Å². The normalized spacial score (nSPS) is 15.9. The Labute approximate surface area is 110 Å². The number of aryl methyl sites for hydroxylation is 1. The van der Waals surface area contributed by atoms with Crippen LogP contribution in [0.25, 0.3) is 0 Å². The lowest BCUT2D eigenvalue weighted by molar-refractivity contribution is 0.586. The van der Waals surface area contributed by atoms with E-state index in [0.29, 0.717) is 5.69 Å². The predicted octanol–water partition coefficient (Wildman–Crippen LogP) is 2.42. The zero-order chi connectivity index (χ0) is 12.5. The molecule has 0 unspecified atom stereocenters. The first kappa shape index (κ1) is 12.9. The Morgan fingerprint density at radius 2 is 2.12 bits per heavy atom. The molecule has 0 heterocycles. The molecule has 2 rings (SSSR count). The lowest BCUT2D eigenvalue weighted by Crippen LogP contribution is -2.32. The maximum Gasteiger partial charge on any atom is 0.299 e. The van der Waals surface area contributed by atoms with E-state index in [1.165, 1.54) is 0 Å². The second-order valence-electron chi connectivity index (χ2n) is 4.15. The molecule has 2 N–H and O–H groups in total. The van der Waals surface area contributed by atoms with Gasteiger partial charge in [0.2, 0.25) is 0 Å². The highest BCUT2D eigenvalue weighted by molar-refractivity contribution is 9.10. The molecular formula is C11H15BrN2O2S. The number of benzene rings is 1. The van der Waals surface area contributed by atoms with E-state index in [9.17, 15) is 8.42 Å². The molecule has 94 valence electrons. The summed E-state index contributed by atoms with van der Waals surface area (Å²) in [5, 5.41) is 0. The minimum atomic E-state index is -3.43. The summed E-state index contributed by atoms with van der Waals surface area (Å²) in [7, 11) is -3.43. The molecule has 1 aromatic carbocycles. The molecule has 0 atom stereocenters. The van der Waals surface area contributed by atoms with Crippen LogP contribution in [0.15, 0.2) is 22.7 Å². The summed E-state index contributed by atoms with van der Waals surface area (Å²) < 4.78 is 29.7. The van der Waals surface area contributed by atoms with Gasteiger partial charge in [-0.2, -0.15) is 13.1 Å². The lowest BCUT2D eigenvalue weighted by Gasteiger charge is -2.12. The Morgan fingerprint density at radius 1 is 1.41 bits per heavy atom. The maximum atomic E-state index is 11.8. The molecule has 0 saturated heterocycles. The van der Waals surface area contributed by atoms with Crippen LogP contribution in [0.1, 0.15) is 25.3 Å². The van der Waals surface area contributed by atoms with Gasteiger partial charge in [0, 0.05) is 10.5 Å². The van der Waals surface area contributed by atoms with Crippen molar-refractivity contribution < 1.29 is 8.42 Å². The molecule has 17 heavy (non-hydrogen) atoms. The number of hydrogen-bond acceptors (Lipinski definition) is 2. The smallest absolute Gasteiger partial charge is 0.271 e. The molecule has 1 aromatic rings. The Hall–Kier alpha value is -0.590. The first-order chi connectivity index (χ1) is 8.00. The summed E-state index contributed by atoms with van der Waals surface area (Å²) in [5.41, 5.74) is 1.62. The van der Waals surface area contributed by atoms with E-state index in [1.807, 2.05) is 19.1 Å². The van der Waals surface area contributed by atoms with Crippen LogP contribution in [-0.4, -0.2) is 14.5 Å². The molecule has 0 aromatic heterocycles. The monoisotopic (exact) mass is 318 g/mol. The number of hydrogen-bond donors (Lipinski definition) is 2. The van der Waals surface area contributed by atoms with E-state index in [2.05, 4.69) is 25.4 Å². The fraction of sp³-hybridized carbons (Fsp3) is 0.455. The van der Waals surface area contributed by atoms with Gasteiger partial charge in [-0.15, -0.1) is 0 Å². The third kappa shape index (κ3) is 3.69. The topological polar surface area (TPSA) is 58.2 Å². The van der Waals surface area contributed by atoms with E-state index in [1.54, 1.807) is 6.07 Å². The highest BCUT2D eigenvalue weighted by atomic mass is 79.9. The molecule has 0 radical (unpaired) electrons. The first-order valence-corrected chi connectivity index (χ1v) is 7.86. The third-order valence-electron chi connectivity index (χ3n) is 2.59. The van der Waals surface area contributed by atoms with Crippen molar-refractivity contribution in [3.63, 3.8) is 0 Å². The van der Waals surface area contributed by atoms with Crippen molar-refractivity contribution in [2.24, 2.45) is 0 Å². The number of anilines is 1. The Bertz CT molecular complexity index is 512. The number of rotatable bonds is 5. The zero-order valence-electron chi connectivity index (χ0n) is 9.53. The first-order valence-electron chi connectivity index (χ1n) is 5.58. The lowest BCUT2D eigenvalue weighted by atomic mass is 10.1. The van der Waals surface area contributed by atoms with Gasteiger partial charge in [0.25, 0.3) is 10.2 Å². The SMILES string of the molecule is CCc1cc(Br)ccc1NS(=O)(=O)NC1CC1. The van der Waals surface area contributed by atoms with Crippen LogP contribution < -0.4 is 9.44 Å². The van der Waals surface area contributed by atoms with Gasteiger partial charge in [-0.3, -0.25) is 4.72 Å². The molecule has 0 aliphatic heterocycles. The predicted molar refractivity (Wildman–Crippen MR) is 72.2 cm³/mol. The molecule has 1 aliphatic rings. The summed E-state index contributed by atoms with van der Waals surface area (Å²) in [6.07, 6.45) is 2.64. The Morgan fingerprint density at radius 3 is 2.71 bits per heavy atom. The van der Waals surface area contributed by atoms with Crippen molar-refractivity contribution in [3.05, 3.63) is 28.2 Å². The quantitative estimate of drug-likeness (QED) is 0.876. The largest absolute Gasteiger partial charge is 0.299 e. The minimum Gasteiger partial charge on any atom is -0.271 e. The van der Waals surface area contributed by atoms with Gasteiger partial charge >= 0.3 is 0 Å². The van der Waals surface area contributed by atoms with Gasteiger partial charge < -0.3 is 0 Å². The van der Waals surface area contributed by atoms with Gasteiger partial charge in [-0.05, 0) is 43.0 Å². The van der Waals surface area contributed by atoms with Gasteiger partial charge in [0.15, 0.2) is 0 Å². The number of nitrogens with one attached hydrogen (secondary N) is 2. The van der Waals surface area contributed by atoms with Gasteiger partial charge in [-0.25, -0.2) is 0 Å². The minimum absolute atomic E-state index is 0.119. The van der Waals surface area contributed by atoms with E-state index >= 15 is 0 Å². The van der Waals surface area contributed by atoms with Gasteiger partial charge in [-0.1, -0.05) is 22.9 Å². The second kappa shape index (κ2) is 4.96. The molecule has 0 amide bonds. The molecule has 1 saturated carbocycles. The van der Waals surface area contributed by atoms with Crippen LogP contribution in [0.4, 0.5) is 5.69 Å². The summed E-state index contributed by atoms with van der Waals surface area (Å²) in [6, 6.07) is 5.64. The Balaban J connectivity index is 2.16. The van der Waals surface area contributed by atoms with E-state index < -0.39 is 10.2 Å². The maximum absolute atomic E-state index is 11.8. The number of halogens is 1. The summed E-state index contributed by atoms with van der Waals surface area (Å²) in [6.45, 7) is 1.99. The van der Waals surface area contributed by atoms with Crippen molar-refractivity contribution in [1.82, 2.24) is 4.72 Å². The molecule has 0 spiro atoms. The molecule has 4 nitrogen and oxygen atoms in total. The highest BCUT2D eigenvalue weighted by Crippen LogP contribution is 2.24. The molecular weight excluding hydrogens is 304 g/mol. The van der Waals surface area contributed by atoms with Gasteiger partial charge in [0.05, 0.1) is 5.69 Å². The molecule has 1 aliphatic carbocycles. The second-order valence-corrected chi connectivity index (χ2v) is 6.52. The molecule has 1 fully saturated rings. The van der Waals surface area contributed by atoms with Gasteiger partial charge in [0.1, 0.15) is 0 Å². The average molecular weight is 319 g/mol. The summed E-state index contributed by atoms with van der Waals surface area (Å²) >= 11 is 3.37. The third-order valence-corrected chi connectivity index (χ3v) is 4.22. The van der Waals surface area contributed by atoms with Crippen molar-refractivity contribution in [2.75, 3.05) is 4.72 Å². The Kier molecular flexibility index (Phi) is 3.75. The molecule has 6 heteroatoms. The van der Waals surface area contributed by atoms with Crippen LogP contribution in [0.3, 0.4) is 0 Å². The van der Waals surface area contributed by atoms with Crippen molar-refractivity contribution in [3.8, 4) is 0 Å². The van der Waals surface area contributed by atoms with E-state index in [4.69, 9.17) is 0 Å². The van der Waals surface area contributed by atoms with Crippen LogP contribution in [0.2, 0.25) is 0 Å². The zero-order valence-corrected chi connectivity index (χ0v) is 11.9. The van der Waals surface area contributed by atoms with E-state index in [0.717, 1.165) is 29.3 Å². The fourth-order valence-electron chi connectivity index (χ4n) is 1.55. The van der Waals surface area contributed by atoms with Crippen LogP contribution in [0, 0.1) is 0 Å². The molecule has 0 bridgehead atoms. The summed E-state index contributed by atoms with van der Waals surface area (Å²) in [4.78, 5) is 0.